The van der Waals surface area contributed by atoms with E-state index >= 15 is 0 Å². The molecule has 2 rings (SSSR count). The predicted molar refractivity (Wildman–Crippen MR) is 77.9 cm³/mol. The lowest BCUT2D eigenvalue weighted by Gasteiger charge is -2.13. The van der Waals surface area contributed by atoms with Gasteiger partial charge >= 0.3 is 5.97 Å². The van der Waals surface area contributed by atoms with Gasteiger partial charge in [0.05, 0.1) is 7.11 Å². The zero-order valence-electron chi connectivity index (χ0n) is 10.8. The van der Waals surface area contributed by atoms with Crippen molar-refractivity contribution in [1.82, 2.24) is 9.97 Å². The number of nitrogen functional groups attached to an aromatic ring is 2. The lowest BCUT2D eigenvalue weighted by atomic mass is 10.1. The van der Waals surface area contributed by atoms with Gasteiger partial charge in [0.2, 0.25) is 0 Å². The molecule has 0 aliphatic carbocycles. The highest BCUT2D eigenvalue weighted by atomic mass is 32.2. The first-order valence-corrected chi connectivity index (χ1v) is 6.67. The molecule has 0 bridgehead atoms. The van der Waals surface area contributed by atoms with E-state index in [2.05, 4.69) is 9.97 Å². The maximum Gasteiger partial charge on any atom is 0.323 e. The van der Waals surface area contributed by atoms with Crippen LogP contribution < -0.4 is 11.5 Å². The number of ether oxygens (including phenoxy) is 1. The minimum Gasteiger partial charge on any atom is -0.468 e. The summed E-state index contributed by atoms with van der Waals surface area (Å²) >= 11 is 1.15. The normalized spacial score (nSPS) is 11.8. The molecule has 4 N–H and O–H groups in total. The maximum absolute atomic E-state index is 11.9. The minimum atomic E-state index is -0.567. The van der Waals surface area contributed by atoms with Gasteiger partial charge < -0.3 is 16.2 Å². The second-order valence-electron chi connectivity index (χ2n) is 3.93. The topological polar surface area (TPSA) is 104 Å². The number of aromatic nitrogens is 2. The fraction of sp³-hybridized carbons (Fsp3) is 0.154. The van der Waals surface area contributed by atoms with E-state index in [1.807, 2.05) is 30.3 Å². The molecule has 20 heavy (non-hydrogen) atoms. The Kier molecular flexibility index (Phi) is 4.41. The molecule has 0 saturated heterocycles. The number of carbonyl (C=O) groups is 1. The summed E-state index contributed by atoms with van der Waals surface area (Å²) in [5, 5.41) is -0.232. The molecule has 0 amide bonds. The largest absolute Gasteiger partial charge is 0.468 e. The highest BCUT2D eigenvalue weighted by molar-refractivity contribution is 8.00. The Balaban J connectivity index is 2.31. The van der Waals surface area contributed by atoms with E-state index in [0.29, 0.717) is 5.16 Å². The van der Waals surface area contributed by atoms with Crippen molar-refractivity contribution in [3.8, 4) is 0 Å². The van der Waals surface area contributed by atoms with E-state index in [4.69, 9.17) is 16.2 Å². The Labute approximate surface area is 120 Å². The average molecular weight is 290 g/mol. The number of methoxy groups -OCH3 is 1. The fourth-order valence-electron chi connectivity index (χ4n) is 1.61. The van der Waals surface area contributed by atoms with Crippen molar-refractivity contribution in [2.45, 2.75) is 10.4 Å². The maximum atomic E-state index is 11.9. The van der Waals surface area contributed by atoms with Crippen LogP contribution in [0.3, 0.4) is 0 Å². The quantitative estimate of drug-likeness (QED) is 0.501. The number of carbonyl (C=O) groups excluding carboxylic acids is 1. The summed E-state index contributed by atoms with van der Waals surface area (Å²) in [5.74, 6) is 0.138. The van der Waals surface area contributed by atoms with Crippen molar-refractivity contribution < 1.29 is 9.53 Å². The molecule has 0 fully saturated rings. The molecule has 0 radical (unpaired) electrons. The lowest BCUT2D eigenvalue weighted by molar-refractivity contribution is -0.140. The van der Waals surface area contributed by atoms with Crippen molar-refractivity contribution in [1.29, 1.82) is 0 Å². The zero-order valence-corrected chi connectivity index (χ0v) is 11.6. The molecule has 1 aromatic carbocycles. The number of nitrogens with zero attached hydrogens (tertiary/aromatic N) is 2. The van der Waals surface area contributed by atoms with Crippen LogP contribution in [0, 0.1) is 0 Å². The standard InChI is InChI=1S/C13H14N4O2S/c1-19-12(18)11(8-5-3-2-4-6-8)20-13-16-9(14)7-10(15)17-13/h2-7,11H,1H3,(H4,14,15,16,17). The second kappa shape index (κ2) is 6.25. The molecule has 0 aliphatic heterocycles. The summed E-state index contributed by atoms with van der Waals surface area (Å²) in [5.41, 5.74) is 12.0. The van der Waals surface area contributed by atoms with Gasteiger partial charge in [-0.05, 0) is 5.56 Å². The second-order valence-corrected chi connectivity index (χ2v) is 5.00. The van der Waals surface area contributed by atoms with Gasteiger partial charge in [0, 0.05) is 6.07 Å². The summed E-state index contributed by atoms with van der Waals surface area (Å²) in [6, 6.07) is 10.7. The number of benzene rings is 1. The van der Waals surface area contributed by atoms with Crippen LogP contribution in [0.5, 0.6) is 0 Å². The minimum absolute atomic E-state index is 0.261. The zero-order chi connectivity index (χ0) is 14.5. The molecule has 0 saturated carbocycles. The van der Waals surface area contributed by atoms with Crippen molar-refractivity contribution in [2.24, 2.45) is 0 Å². The van der Waals surface area contributed by atoms with Gasteiger partial charge in [0.15, 0.2) is 5.16 Å². The van der Waals surface area contributed by atoms with Crippen molar-refractivity contribution in [3.05, 3.63) is 42.0 Å². The average Bonchev–Trinajstić information content (AvgIpc) is 2.44. The van der Waals surface area contributed by atoms with Gasteiger partial charge in [-0.15, -0.1) is 0 Å². The molecule has 1 aromatic heterocycles. The lowest BCUT2D eigenvalue weighted by Crippen LogP contribution is -2.12. The van der Waals surface area contributed by atoms with Crippen LogP contribution in [0.2, 0.25) is 0 Å². The number of nitrogens with two attached hydrogens (primary N) is 2. The first kappa shape index (κ1) is 14.1. The molecule has 2 aromatic rings. The van der Waals surface area contributed by atoms with Crippen molar-refractivity contribution >= 4 is 29.4 Å². The number of hydrogen-bond acceptors (Lipinski definition) is 7. The number of rotatable bonds is 4. The van der Waals surface area contributed by atoms with E-state index in [1.165, 1.54) is 13.2 Å². The molecule has 6 nitrogen and oxygen atoms in total. The van der Waals surface area contributed by atoms with Crippen LogP contribution >= 0.6 is 11.8 Å². The van der Waals surface area contributed by atoms with Gasteiger partial charge in [-0.3, -0.25) is 4.79 Å². The van der Waals surface area contributed by atoms with Crippen LogP contribution in [0.4, 0.5) is 11.6 Å². The van der Waals surface area contributed by atoms with E-state index in [0.717, 1.165) is 17.3 Å². The first-order chi connectivity index (χ1) is 9.60. The molecular weight excluding hydrogens is 276 g/mol. The van der Waals surface area contributed by atoms with Gasteiger partial charge in [-0.1, -0.05) is 42.1 Å². The third-order valence-electron chi connectivity index (χ3n) is 2.49. The van der Waals surface area contributed by atoms with Crippen LogP contribution in [-0.2, 0) is 9.53 Å². The summed E-state index contributed by atoms with van der Waals surface area (Å²) in [6.07, 6.45) is 0. The van der Waals surface area contributed by atoms with Gasteiger partial charge in [0.1, 0.15) is 16.9 Å². The molecule has 1 heterocycles. The molecule has 0 aliphatic rings. The molecule has 104 valence electrons. The molecule has 0 spiro atoms. The molecule has 1 atom stereocenters. The molecular formula is C13H14N4O2S. The Bertz CT molecular complexity index is 586. The van der Waals surface area contributed by atoms with Crippen LogP contribution in [0.1, 0.15) is 10.8 Å². The van der Waals surface area contributed by atoms with Crippen molar-refractivity contribution in [2.75, 3.05) is 18.6 Å². The van der Waals surface area contributed by atoms with Crippen LogP contribution in [0.15, 0.2) is 41.6 Å². The highest BCUT2D eigenvalue weighted by Gasteiger charge is 2.24. The van der Waals surface area contributed by atoms with Gasteiger partial charge in [-0.25, -0.2) is 9.97 Å². The number of hydrogen-bond donors (Lipinski definition) is 2. The fourth-order valence-corrected chi connectivity index (χ4v) is 2.62. The predicted octanol–water partition coefficient (Wildman–Crippen LogP) is 1.65. The molecule has 1 unspecified atom stereocenters. The highest BCUT2D eigenvalue weighted by Crippen LogP contribution is 2.34. The van der Waals surface area contributed by atoms with Crippen LogP contribution in [-0.4, -0.2) is 23.0 Å². The number of esters is 1. The van der Waals surface area contributed by atoms with E-state index in [1.54, 1.807) is 0 Å². The Hall–Kier alpha value is -2.28. The van der Waals surface area contributed by atoms with Gasteiger partial charge in [0.25, 0.3) is 0 Å². The monoisotopic (exact) mass is 290 g/mol. The third kappa shape index (κ3) is 3.39. The van der Waals surface area contributed by atoms with Gasteiger partial charge in [-0.2, -0.15) is 0 Å². The first-order valence-electron chi connectivity index (χ1n) is 5.79. The number of thioether (sulfide) groups is 1. The van der Waals surface area contributed by atoms with E-state index < -0.39 is 5.25 Å². The summed E-state index contributed by atoms with van der Waals surface area (Å²) in [7, 11) is 1.34. The third-order valence-corrected chi connectivity index (χ3v) is 3.58. The SMILES string of the molecule is COC(=O)C(Sc1nc(N)cc(N)n1)c1ccccc1. The summed E-state index contributed by atoms with van der Waals surface area (Å²) in [6.45, 7) is 0. The summed E-state index contributed by atoms with van der Waals surface area (Å²) < 4.78 is 4.82. The Morgan fingerprint density at radius 2 is 1.80 bits per heavy atom. The number of anilines is 2. The Morgan fingerprint density at radius 3 is 2.35 bits per heavy atom. The van der Waals surface area contributed by atoms with E-state index in [-0.39, 0.29) is 17.6 Å². The smallest absolute Gasteiger partial charge is 0.323 e. The van der Waals surface area contributed by atoms with Crippen LogP contribution in [0.25, 0.3) is 0 Å². The van der Waals surface area contributed by atoms with Crippen molar-refractivity contribution in [3.63, 3.8) is 0 Å². The summed E-state index contributed by atoms with van der Waals surface area (Å²) in [4.78, 5) is 20.0. The molecule has 7 heteroatoms. The van der Waals surface area contributed by atoms with E-state index in [9.17, 15) is 4.79 Å². The Morgan fingerprint density at radius 1 is 1.20 bits per heavy atom.